The van der Waals surface area contributed by atoms with Crippen molar-refractivity contribution < 1.29 is 9.90 Å². The SMILES string of the molecule is N#Cc1cc(C(N)CC(=O)O)cs1. The van der Waals surface area contributed by atoms with Crippen molar-refractivity contribution in [3.05, 3.63) is 21.9 Å². The lowest BCUT2D eigenvalue weighted by molar-refractivity contribution is -0.137. The molecule has 68 valence electrons. The highest BCUT2D eigenvalue weighted by atomic mass is 32.1. The number of nitrogens with two attached hydrogens (primary N) is 1. The standard InChI is InChI=1S/C8H8N2O2S/c9-3-6-1-5(4-13-6)7(10)2-8(11)12/h1,4,7H,2,10H2,(H,11,12). The fraction of sp³-hybridized carbons (Fsp3) is 0.250. The number of thiophene rings is 1. The molecular weight excluding hydrogens is 188 g/mol. The van der Waals surface area contributed by atoms with Crippen LogP contribution in [0, 0.1) is 11.3 Å². The zero-order valence-corrected chi connectivity index (χ0v) is 7.54. The minimum atomic E-state index is -0.933. The first-order chi connectivity index (χ1) is 6.13. The molecule has 0 aliphatic carbocycles. The van der Waals surface area contributed by atoms with Crippen LogP contribution in [0.25, 0.3) is 0 Å². The van der Waals surface area contributed by atoms with Gasteiger partial charge in [0, 0.05) is 6.04 Å². The first-order valence-corrected chi connectivity index (χ1v) is 4.47. The van der Waals surface area contributed by atoms with Crippen LogP contribution in [0.4, 0.5) is 0 Å². The summed E-state index contributed by atoms with van der Waals surface area (Å²) in [6.45, 7) is 0. The average molecular weight is 196 g/mol. The van der Waals surface area contributed by atoms with Crippen molar-refractivity contribution in [2.45, 2.75) is 12.5 Å². The van der Waals surface area contributed by atoms with Gasteiger partial charge in [0.15, 0.2) is 0 Å². The quantitative estimate of drug-likeness (QED) is 0.757. The highest BCUT2D eigenvalue weighted by Crippen LogP contribution is 2.20. The van der Waals surface area contributed by atoms with Crippen LogP contribution in [0.5, 0.6) is 0 Å². The van der Waals surface area contributed by atoms with Crippen molar-refractivity contribution in [1.29, 1.82) is 5.26 Å². The van der Waals surface area contributed by atoms with Gasteiger partial charge in [0.1, 0.15) is 10.9 Å². The zero-order chi connectivity index (χ0) is 9.84. The van der Waals surface area contributed by atoms with Gasteiger partial charge in [-0.3, -0.25) is 4.79 Å². The van der Waals surface area contributed by atoms with Crippen LogP contribution in [-0.2, 0) is 4.79 Å². The summed E-state index contributed by atoms with van der Waals surface area (Å²) < 4.78 is 0. The summed E-state index contributed by atoms with van der Waals surface area (Å²) >= 11 is 1.27. The Bertz CT molecular complexity index is 353. The summed E-state index contributed by atoms with van der Waals surface area (Å²) in [5.41, 5.74) is 6.29. The molecule has 4 nitrogen and oxygen atoms in total. The summed E-state index contributed by atoms with van der Waals surface area (Å²) in [4.78, 5) is 10.9. The second-order valence-electron chi connectivity index (χ2n) is 2.56. The van der Waals surface area contributed by atoms with Crippen molar-refractivity contribution in [2.24, 2.45) is 5.73 Å². The van der Waals surface area contributed by atoms with E-state index in [1.165, 1.54) is 11.3 Å². The Morgan fingerprint density at radius 1 is 1.85 bits per heavy atom. The molecule has 0 radical (unpaired) electrons. The Kier molecular flexibility index (Phi) is 3.01. The van der Waals surface area contributed by atoms with Crippen LogP contribution < -0.4 is 5.73 Å². The maximum atomic E-state index is 10.3. The normalized spacial score (nSPS) is 12.0. The van der Waals surface area contributed by atoms with E-state index in [0.717, 1.165) is 0 Å². The highest BCUT2D eigenvalue weighted by Gasteiger charge is 2.12. The van der Waals surface area contributed by atoms with Gasteiger partial charge in [0.05, 0.1) is 6.42 Å². The predicted octanol–water partition coefficient (Wildman–Crippen LogP) is 1.09. The molecule has 1 aromatic heterocycles. The monoisotopic (exact) mass is 196 g/mol. The van der Waals surface area contributed by atoms with Gasteiger partial charge in [0.25, 0.3) is 0 Å². The van der Waals surface area contributed by atoms with Crippen LogP contribution in [0.1, 0.15) is 22.9 Å². The largest absolute Gasteiger partial charge is 0.481 e. The van der Waals surface area contributed by atoms with Crippen LogP contribution in [0.3, 0.4) is 0 Å². The summed E-state index contributed by atoms with van der Waals surface area (Å²) in [5, 5.41) is 18.7. The Morgan fingerprint density at radius 3 is 3.00 bits per heavy atom. The summed E-state index contributed by atoms with van der Waals surface area (Å²) in [6, 6.07) is 3.08. The van der Waals surface area contributed by atoms with Crippen molar-refractivity contribution in [2.75, 3.05) is 0 Å². The average Bonchev–Trinajstić information content (AvgIpc) is 2.50. The fourth-order valence-electron chi connectivity index (χ4n) is 0.910. The fourth-order valence-corrected chi connectivity index (χ4v) is 1.67. The number of hydrogen-bond acceptors (Lipinski definition) is 4. The summed E-state index contributed by atoms with van der Waals surface area (Å²) in [6.07, 6.45) is -0.110. The maximum Gasteiger partial charge on any atom is 0.305 e. The molecule has 0 aliphatic heterocycles. The van der Waals surface area contributed by atoms with E-state index in [0.29, 0.717) is 10.4 Å². The Morgan fingerprint density at radius 2 is 2.54 bits per heavy atom. The highest BCUT2D eigenvalue weighted by molar-refractivity contribution is 7.10. The van der Waals surface area contributed by atoms with Gasteiger partial charge in [-0.2, -0.15) is 5.26 Å². The number of hydrogen-bond donors (Lipinski definition) is 2. The third kappa shape index (κ3) is 2.54. The van der Waals surface area contributed by atoms with E-state index in [2.05, 4.69) is 0 Å². The van der Waals surface area contributed by atoms with E-state index < -0.39 is 12.0 Å². The van der Waals surface area contributed by atoms with E-state index in [1.54, 1.807) is 11.4 Å². The van der Waals surface area contributed by atoms with Crippen LogP contribution in [0.2, 0.25) is 0 Å². The molecule has 0 saturated heterocycles. The molecule has 0 amide bonds. The predicted molar refractivity (Wildman–Crippen MR) is 48.2 cm³/mol. The Hall–Kier alpha value is -1.38. The summed E-state index contributed by atoms with van der Waals surface area (Å²) in [5.74, 6) is -0.933. The Labute approximate surface area is 79.2 Å². The van der Waals surface area contributed by atoms with Gasteiger partial charge in [-0.15, -0.1) is 11.3 Å². The number of aliphatic carboxylic acids is 1. The van der Waals surface area contributed by atoms with Gasteiger partial charge in [-0.05, 0) is 17.0 Å². The van der Waals surface area contributed by atoms with E-state index >= 15 is 0 Å². The molecule has 1 atom stereocenters. The molecule has 0 saturated carbocycles. The van der Waals surface area contributed by atoms with Gasteiger partial charge in [0.2, 0.25) is 0 Å². The first-order valence-electron chi connectivity index (χ1n) is 3.59. The van der Waals surface area contributed by atoms with Gasteiger partial charge in [-0.1, -0.05) is 0 Å². The number of carboxylic acids is 1. The van der Waals surface area contributed by atoms with Crippen molar-refractivity contribution in [3.63, 3.8) is 0 Å². The smallest absolute Gasteiger partial charge is 0.305 e. The molecule has 1 aromatic rings. The number of carbonyl (C=O) groups is 1. The molecule has 1 unspecified atom stereocenters. The number of nitriles is 1. The third-order valence-corrected chi connectivity index (χ3v) is 2.41. The topological polar surface area (TPSA) is 87.1 Å². The maximum absolute atomic E-state index is 10.3. The third-order valence-electron chi connectivity index (χ3n) is 1.55. The molecule has 13 heavy (non-hydrogen) atoms. The first kappa shape index (κ1) is 9.71. The van der Waals surface area contributed by atoms with Crippen molar-refractivity contribution in [3.8, 4) is 6.07 Å². The molecule has 0 spiro atoms. The second-order valence-corrected chi connectivity index (χ2v) is 3.47. The molecule has 1 rings (SSSR count). The van der Waals surface area contributed by atoms with Crippen LogP contribution >= 0.6 is 11.3 Å². The summed E-state index contributed by atoms with van der Waals surface area (Å²) in [7, 11) is 0. The van der Waals surface area contributed by atoms with Gasteiger partial charge < -0.3 is 10.8 Å². The van der Waals surface area contributed by atoms with E-state index in [1.807, 2.05) is 6.07 Å². The molecule has 1 heterocycles. The molecule has 0 aromatic carbocycles. The lowest BCUT2D eigenvalue weighted by atomic mass is 10.1. The molecule has 0 fully saturated rings. The number of rotatable bonds is 3. The van der Waals surface area contributed by atoms with Crippen LogP contribution in [0.15, 0.2) is 11.4 Å². The Balaban J connectivity index is 2.72. The van der Waals surface area contributed by atoms with Crippen LogP contribution in [-0.4, -0.2) is 11.1 Å². The van der Waals surface area contributed by atoms with Crippen molar-refractivity contribution in [1.82, 2.24) is 0 Å². The molecule has 3 N–H and O–H groups in total. The van der Waals surface area contributed by atoms with Crippen molar-refractivity contribution >= 4 is 17.3 Å². The minimum Gasteiger partial charge on any atom is -0.481 e. The second kappa shape index (κ2) is 4.03. The lowest BCUT2D eigenvalue weighted by Crippen LogP contribution is -2.14. The molecular formula is C8H8N2O2S. The van der Waals surface area contributed by atoms with E-state index in [4.69, 9.17) is 16.1 Å². The van der Waals surface area contributed by atoms with E-state index in [-0.39, 0.29) is 6.42 Å². The molecule has 0 aliphatic rings. The molecule has 0 bridgehead atoms. The van der Waals surface area contributed by atoms with Gasteiger partial charge >= 0.3 is 5.97 Å². The number of carboxylic acid groups (broad SMARTS) is 1. The molecule has 5 heteroatoms. The number of nitrogens with zero attached hydrogens (tertiary/aromatic N) is 1. The lowest BCUT2D eigenvalue weighted by Gasteiger charge is -2.04. The zero-order valence-electron chi connectivity index (χ0n) is 6.73. The van der Waals surface area contributed by atoms with E-state index in [9.17, 15) is 4.79 Å². The van der Waals surface area contributed by atoms with Gasteiger partial charge in [-0.25, -0.2) is 0 Å². The minimum absolute atomic E-state index is 0.110.